The highest BCUT2D eigenvalue weighted by Gasteiger charge is 2.35. The number of amides is 1. The maximum atomic E-state index is 12.4. The van der Waals surface area contributed by atoms with E-state index in [9.17, 15) is 14.7 Å². The van der Waals surface area contributed by atoms with Gasteiger partial charge in [-0.2, -0.15) is 0 Å². The molecule has 2 N–H and O–H groups in total. The van der Waals surface area contributed by atoms with Crippen LogP contribution in [0.3, 0.4) is 0 Å². The maximum Gasteiger partial charge on any atom is 0.307 e. The summed E-state index contributed by atoms with van der Waals surface area (Å²) in [5.74, 6) is -2.13. The highest BCUT2D eigenvalue weighted by molar-refractivity contribution is 7.22. The number of nitrogens with zero attached hydrogens (tertiary/aromatic N) is 1. The van der Waals surface area contributed by atoms with Crippen molar-refractivity contribution in [2.75, 3.05) is 5.32 Å². The molecule has 1 aliphatic carbocycles. The SMILES string of the molecule is Cc1ccc2nc(NC(=O)[C@@H]3CCCC[C@@H]3C(=O)O)sc2c1. The summed E-state index contributed by atoms with van der Waals surface area (Å²) in [5.41, 5.74) is 2.00. The Kier molecular flexibility index (Phi) is 4.11. The number of anilines is 1. The van der Waals surface area contributed by atoms with Crippen molar-refractivity contribution in [3.05, 3.63) is 23.8 Å². The Bertz CT molecular complexity index is 725. The number of carboxylic acid groups (broad SMARTS) is 1. The van der Waals surface area contributed by atoms with Crippen molar-refractivity contribution in [2.24, 2.45) is 11.8 Å². The standard InChI is InChI=1S/C16H18N2O3S/c1-9-6-7-12-13(8-9)22-16(17-12)18-14(19)10-4-2-3-5-11(10)15(20)21/h6-8,10-11H,2-5H2,1H3,(H,20,21)(H,17,18,19)/t10-,11+/m1/s1. The van der Waals surface area contributed by atoms with E-state index in [1.165, 1.54) is 11.3 Å². The smallest absolute Gasteiger partial charge is 0.307 e. The first-order valence-electron chi connectivity index (χ1n) is 7.45. The van der Waals surface area contributed by atoms with E-state index in [1.54, 1.807) is 0 Å². The number of nitrogens with one attached hydrogen (secondary N) is 1. The number of aliphatic carboxylic acids is 1. The van der Waals surface area contributed by atoms with Crippen molar-refractivity contribution < 1.29 is 14.7 Å². The highest BCUT2D eigenvalue weighted by atomic mass is 32.1. The Morgan fingerprint density at radius 2 is 2.00 bits per heavy atom. The molecule has 5 nitrogen and oxygen atoms in total. The van der Waals surface area contributed by atoms with Crippen LogP contribution in [0, 0.1) is 18.8 Å². The summed E-state index contributed by atoms with van der Waals surface area (Å²) in [6.45, 7) is 2.01. The Morgan fingerprint density at radius 3 is 2.73 bits per heavy atom. The third-order valence-electron chi connectivity index (χ3n) is 4.19. The Hall–Kier alpha value is -1.95. The molecule has 116 valence electrons. The number of carbonyl (C=O) groups excluding carboxylic acids is 1. The maximum absolute atomic E-state index is 12.4. The van der Waals surface area contributed by atoms with E-state index in [1.807, 2.05) is 25.1 Å². The number of fused-ring (bicyclic) bond motifs is 1. The molecule has 22 heavy (non-hydrogen) atoms. The minimum Gasteiger partial charge on any atom is -0.481 e. The number of rotatable bonds is 3. The largest absolute Gasteiger partial charge is 0.481 e. The van der Waals surface area contributed by atoms with Crippen LogP contribution in [0.4, 0.5) is 5.13 Å². The van der Waals surface area contributed by atoms with Gasteiger partial charge in [-0.05, 0) is 37.5 Å². The Balaban J connectivity index is 1.78. The second-order valence-electron chi connectivity index (χ2n) is 5.82. The van der Waals surface area contributed by atoms with Crippen LogP contribution in [-0.2, 0) is 9.59 Å². The zero-order chi connectivity index (χ0) is 15.7. The van der Waals surface area contributed by atoms with Gasteiger partial charge in [0.15, 0.2) is 5.13 Å². The highest BCUT2D eigenvalue weighted by Crippen LogP contribution is 2.32. The third-order valence-corrected chi connectivity index (χ3v) is 5.13. The molecule has 1 amide bonds. The molecule has 2 atom stereocenters. The van der Waals surface area contributed by atoms with Gasteiger partial charge in [0.25, 0.3) is 0 Å². The first-order chi connectivity index (χ1) is 10.5. The van der Waals surface area contributed by atoms with Gasteiger partial charge in [0.1, 0.15) is 0 Å². The van der Waals surface area contributed by atoms with Crippen LogP contribution < -0.4 is 5.32 Å². The topological polar surface area (TPSA) is 79.3 Å². The lowest BCUT2D eigenvalue weighted by Gasteiger charge is -2.26. The number of aromatic nitrogens is 1. The third kappa shape index (κ3) is 2.97. The molecule has 0 aliphatic heterocycles. The zero-order valence-corrected chi connectivity index (χ0v) is 13.2. The van der Waals surface area contributed by atoms with Gasteiger partial charge in [-0.3, -0.25) is 9.59 Å². The zero-order valence-electron chi connectivity index (χ0n) is 12.3. The van der Waals surface area contributed by atoms with E-state index in [0.717, 1.165) is 28.6 Å². The van der Waals surface area contributed by atoms with E-state index >= 15 is 0 Å². The lowest BCUT2D eigenvalue weighted by Crippen LogP contribution is -2.36. The number of thiazole rings is 1. The minimum absolute atomic E-state index is 0.220. The van der Waals surface area contributed by atoms with Gasteiger partial charge in [0.05, 0.1) is 22.1 Å². The van der Waals surface area contributed by atoms with Gasteiger partial charge in [0, 0.05) is 0 Å². The molecule has 0 radical (unpaired) electrons. The van der Waals surface area contributed by atoms with Crippen LogP contribution in [0.15, 0.2) is 18.2 Å². The van der Waals surface area contributed by atoms with Crippen molar-refractivity contribution in [2.45, 2.75) is 32.6 Å². The first-order valence-corrected chi connectivity index (χ1v) is 8.27. The van der Waals surface area contributed by atoms with Crippen molar-refractivity contribution >= 4 is 38.6 Å². The van der Waals surface area contributed by atoms with Crippen LogP contribution in [0.25, 0.3) is 10.2 Å². The predicted molar refractivity (Wildman–Crippen MR) is 86.1 cm³/mol. The molecule has 1 saturated carbocycles. The second-order valence-corrected chi connectivity index (χ2v) is 6.85. The molecule has 0 spiro atoms. The summed E-state index contributed by atoms with van der Waals surface area (Å²) < 4.78 is 1.02. The molecule has 1 fully saturated rings. The van der Waals surface area contributed by atoms with Gasteiger partial charge in [-0.15, -0.1) is 0 Å². The molecule has 0 unspecified atom stereocenters. The number of benzene rings is 1. The molecule has 3 rings (SSSR count). The second kappa shape index (κ2) is 6.04. The molecule has 6 heteroatoms. The van der Waals surface area contributed by atoms with Crippen LogP contribution >= 0.6 is 11.3 Å². The summed E-state index contributed by atoms with van der Waals surface area (Å²) in [6.07, 6.45) is 2.99. The molecule has 1 aromatic heterocycles. The van der Waals surface area contributed by atoms with Gasteiger partial charge < -0.3 is 10.4 Å². The first kappa shape index (κ1) is 15.0. The van der Waals surface area contributed by atoms with E-state index in [-0.39, 0.29) is 5.91 Å². The number of aryl methyl sites for hydroxylation is 1. The molecule has 1 heterocycles. The summed E-state index contributed by atoms with van der Waals surface area (Å²) in [7, 11) is 0. The lowest BCUT2D eigenvalue weighted by atomic mass is 9.79. The summed E-state index contributed by atoms with van der Waals surface area (Å²) in [6, 6.07) is 5.94. The van der Waals surface area contributed by atoms with Gasteiger partial charge in [0.2, 0.25) is 5.91 Å². The Morgan fingerprint density at radius 1 is 1.27 bits per heavy atom. The number of hydrogen-bond donors (Lipinski definition) is 2. The molecule has 1 aliphatic rings. The molecule has 0 saturated heterocycles. The summed E-state index contributed by atoms with van der Waals surface area (Å²) >= 11 is 1.42. The lowest BCUT2D eigenvalue weighted by molar-refractivity contribution is -0.147. The summed E-state index contributed by atoms with van der Waals surface area (Å²) in [5, 5.41) is 12.6. The van der Waals surface area contributed by atoms with E-state index < -0.39 is 17.8 Å². The van der Waals surface area contributed by atoms with Crippen LogP contribution in [0.5, 0.6) is 0 Å². The minimum atomic E-state index is -0.875. The van der Waals surface area contributed by atoms with Crippen LogP contribution in [0.1, 0.15) is 31.2 Å². The number of hydrogen-bond acceptors (Lipinski definition) is 4. The molecular weight excluding hydrogens is 300 g/mol. The quantitative estimate of drug-likeness (QED) is 0.908. The molecule has 2 aromatic rings. The Labute approximate surface area is 132 Å². The van der Waals surface area contributed by atoms with E-state index in [2.05, 4.69) is 10.3 Å². The van der Waals surface area contributed by atoms with Crippen molar-refractivity contribution in [3.63, 3.8) is 0 Å². The fourth-order valence-corrected chi connectivity index (χ4v) is 3.99. The van der Waals surface area contributed by atoms with Gasteiger partial charge in [-0.25, -0.2) is 4.98 Å². The van der Waals surface area contributed by atoms with Crippen LogP contribution in [0.2, 0.25) is 0 Å². The molecular formula is C16H18N2O3S. The van der Waals surface area contributed by atoms with Crippen LogP contribution in [-0.4, -0.2) is 22.0 Å². The van der Waals surface area contributed by atoms with Crippen molar-refractivity contribution in [1.82, 2.24) is 4.98 Å². The fourth-order valence-electron chi connectivity index (χ4n) is 3.02. The predicted octanol–water partition coefficient (Wildman–Crippen LogP) is 3.43. The summed E-state index contributed by atoms with van der Waals surface area (Å²) in [4.78, 5) is 28.1. The average Bonchev–Trinajstić information content (AvgIpc) is 2.88. The normalized spacial score (nSPS) is 21.7. The number of carbonyl (C=O) groups is 2. The van der Waals surface area contributed by atoms with Gasteiger partial charge in [-0.1, -0.05) is 30.2 Å². The van der Waals surface area contributed by atoms with Crippen molar-refractivity contribution in [1.29, 1.82) is 0 Å². The van der Waals surface area contributed by atoms with E-state index in [0.29, 0.717) is 18.0 Å². The van der Waals surface area contributed by atoms with Gasteiger partial charge >= 0.3 is 5.97 Å². The van der Waals surface area contributed by atoms with E-state index in [4.69, 9.17) is 0 Å². The fraction of sp³-hybridized carbons (Fsp3) is 0.438. The average molecular weight is 318 g/mol. The molecule has 1 aromatic carbocycles. The van der Waals surface area contributed by atoms with Crippen molar-refractivity contribution in [3.8, 4) is 0 Å². The monoisotopic (exact) mass is 318 g/mol. The number of carboxylic acids is 1. The molecule has 0 bridgehead atoms.